The van der Waals surface area contributed by atoms with E-state index in [-0.39, 0.29) is 0 Å². The quantitative estimate of drug-likeness (QED) is 0.746. The van der Waals surface area contributed by atoms with Crippen LogP contribution in [0.2, 0.25) is 0 Å². The highest BCUT2D eigenvalue weighted by Gasteiger charge is 2.12. The molecule has 0 aromatic carbocycles. The Kier molecular flexibility index (Phi) is 3.10. The molecule has 0 atom stereocenters. The van der Waals surface area contributed by atoms with Crippen molar-refractivity contribution in [3.63, 3.8) is 0 Å². The van der Waals surface area contributed by atoms with Gasteiger partial charge in [0.2, 0.25) is 0 Å². The van der Waals surface area contributed by atoms with Gasteiger partial charge in [-0.15, -0.1) is 11.3 Å². The number of aromatic nitrogens is 1. The molecule has 2 rings (SSSR count). The zero-order valence-electron chi connectivity index (χ0n) is 10.0. The lowest BCUT2D eigenvalue weighted by Crippen LogP contribution is -2.09. The van der Waals surface area contributed by atoms with Gasteiger partial charge in [0.25, 0.3) is 0 Å². The van der Waals surface area contributed by atoms with Crippen LogP contribution in [0.3, 0.4) is 0 Å². The molecule has 84 valence electrons. The Labute approximate surface area is 101 Å². The number of nitrogens with zero attached hydrogens (tertiary/aromatic N) is 1. The third kappa shape index (κ3) is 2.92. The number of hydrogen-bond donors (Lipinski definition) is 0. The highest BCUT2D eigenvalue weighted by atomic mass is 32.1. The molecule has 0 aliphatic heterocycles. The molecule has 0 amide bonds. The molecule has 0 saturated carbocycles. The van der Waals surface area contributed by atoms with Crippen molar-refractivity contribution in [3.05, 3.63) is 41.5 Å². The van der Waals surface area contributed by atoms with Crippen LogP contribution in [0.1, 0.15) is 26.3 Å². The molecule has 2 heteroatoms. The summed E-state index contributed by atoms with van der Waals surface area (Å²) in [6.45, 7) is 6.76. The lowest BCUT2D eigenvalue weighted by atomic mass is 9.88. The smallest absolute Gasteiger partial charge is 0.0358 e. The highest BCUT2D eigenvalue weighted by molar-refractivity contribution is 7.13. The minimum Gasteiger partial charge on any atom is -0.264 e. The second kappa shape index (κ2) is 4.38. The third-order valence-corrected chi connectivity index (χ3v) is 3.25. The van der Waals surface area contributed by atoms with Gasteiger partial charge in [0.15, 0.2) is 0 Å². The predicted octanol–water partition coefficient (Wildman–Crippen LogP) is 4.40. The Morgan fingerprint density at radius 1 is 1.25 bits per heavy atom. The van der Waals surface area contributed by atoms with Crippen LogP contribution in [0.5, 0.6) is 0 Å². The largest absolute Gasteiger partial charge is 0.264 e. The molecule has 0 saturated heterocycles. The van der Waals surface area contributed by atoms with Crippen molar-refractivity contribution in [1.29, 1.82) is 0 Å². The van der Waals surface area contributed by atoms with Gasteiger partial charge in [-0.3, -0.25) is 4.98 Å². The molecule has 1 nitrogen and oxygen atoms in total. The van der Waals surface area contributed by atoms with Gasteiger partial charge in [-0.1, -0.05) is 26.8 Å². The minimum absolute atomic E-state index is 0.315. The fourth-order valence-electron chi connectivity index (χ4n) is 1.77. The van der Waals surface area contributed by atoms with Crippen LogP contribution in [0.4, 0.5) is 0 Å². The first-order valence-electron chi connectivity index (χ1n) is 5.52. The molecule has 0 fully saturated rings. The van der Waals surface area contributed by atoms with Crippen molar-refractivity contribution in [2.75, 3.05) is 0 Å². The van der Waals surface area contributed by atoms with Crippen LogP contribution in [0.25, 0.3) is 10.4 Å². The van der Waals surface area contributed by atoms with E-state index < -0.39 is 0 Å². The van der Waals surface area contributed by atoms with Gasteiger partial charge in [0.1, 0.15) is 0 Å². The number of hydrogen-bond acceptors (Lipinski definition) is 2. The molecular weight excluding hydrogens is 214 g/mol. The minimum atomic E-state index is 0.315. The van der Waals surface area contributed by atoms with Crippen molar-refractivity contribution < 1.29 is 0 Å². The van der Waals surface area contributed by atoms with E-state index in [0.29, 0.717) is 5.41 Å². The number of thiophene rings is 1. The van der Waals surface area contributed by atoms with Crippen LogP contribution < -0.4 is 0 Å². The third-order valence-electron chi connectivity index (χ3n) is 2.34. The van der Waals surface area contributed by atoms with Gasteiger partial charge in [0, 0.05) is 22.8 Å². The first kappa shape index (κ1) is 11.3. The summed E-state index contributed by atoms with van der Waals surface area (Å²) in [5, 5.41) is 2.10. The van der Waals surface area contributed by atoms with Crippen LogP contribution in [0, 0.1) is 5.41 Å². The molecule has 0 spiro atoms. The van der Waals surface area contributed by atoms with Crippen molar-refractivity contribution in [1.82, 2.24) is 4.98 Å². The maximum absolute atomic E-state index is 4.33. The van der Waals surface area contributed by atoms with Crippen molar-refractivity contribution in [3.8, 4) is 10.4 Å². The summed E-state index contributed by atoms with van der Waals surface area (Å²) in [5.74, 6) is 0. The van der Waals surface area contributed by atoms with Crippen molar-refractivity contribution in [2.45, 2.75) is 27.2 Å². The number of pyridine rings is 1. The van der Waals surface area contributed by atoms with Gasteiger partial charge < -0.3 is 0 Å². The van der Waals surface area contributed by atoms with E-state index in [1.54, 1.807) is 11.3 Å². The van der Waals surface area contributed by atoms with E-state index in [1.165, 1.54) is 16.0 Å². The summed E-state index contributed by atoms with van der Waals surface area (Å²) in [7, 11) is 0. The second-order valence-electron chi connectivity index (χ2n) is 5.30. The van der Waals surface area contributed by atoms with Crippen molar-refractivity contribution in [2.24, 2.45) is 5.41 Å². The Morgan fingerprint density at radius 2 is 2.06 bits per heavy atom. The summed E-state index contributed by atoms with van der Waals surface area (Å²) in [4.78, 5) is 5.63. The first-order chi connectivity index (χ1) is 7.54. The molecule has 0 bridgehead atoms. The molecule has 16 heavy (non-hydrogen) atoms. The average Bonchev–Trinajstić information content (AvgIpc) is 2.68. The Hall–Kier alpha value is -1.15. The summed E-state index contributed by atoms with van der Waals surface area (Å²) in [6.07, 6.45) is 4.99. The van der Waals surface area contributed by atoms with E-state index >= 15 is 0 Å². The summed E-state index contributed by atoms with van der Waals surface area (Å²) >= 11 is 1.76. The van der Waals surface area contributed by atoms with E-state index in [4.69, 9.17) is 0 Å². The fraction of sp³-hybridized carbons (Fsp3) is 0.357. The van der Waals surface area contributed by atoms with Crippen LogP contribution in [0.15, 0.2) is 36.0 Å². The first-order valence-corrected chi connectivity index (χ1v) is 6.40. The Morgan fingerprint density at radius 3 is 2.69 bits per heavy atom. The topological polar surface area (TPSA) is 12.9 Å². The Balaban J connectivity index is 2.27. The lowest BCUT2D eigenvalue weighted by Gasteiger charge is -2.18. The van der Waals surface area contributed by atoms with Gasteiger partial charge in [-0.05, 0) is 34.9 Å². The van der Waals surface area contributed by atoms with E-state index in [9.17, 15) is 0 Å². The van der Waals surface area contributed by atoms with Crippen molar-refractivity contribution >= 4 is 11.3 Å². The van der Waals surface area contributed by atoms with E-state index in [2.05, 4.69) is 49.3 Å². The van der Waals surface area contributed by atoms with Crippen LogP contribution in [-0.4, -0.2) is 4.98 Å². The summed E-state index contributed by atoms with van der Waals surface area (Å²) in [5.41, 5.74) is 2.87. The molecule has 2 aromatic heterocycles. The predicted molar refractivity (Wildman–Crippen MR) is 70.7 cm³/mol. The average molecular weight is 231 g/mol. The molecule has 2 aromatic rings. The maximum Gasteiger partial charge on any atom is 0.0358 e. The second-order valence-corrected chi connectivity index (χ2v) is 6.24. The number of rotatable bonds is 2. The van der Waals surface area contributed by atoms with Gasteiger partial charge in [0.05, 0.1) is 0 Å². The highest BCUT2D eigenvalue weighted by Crippen LogP contribution is 2.27. The lowest BCUT2D eigenvalue weighted by molar-refractivity contribution is 0.411. The summed E-state index contributed by atoms with van der Waals surface area (Å²) < 4.78 is 0. The van der Waals surface area contributed by atoms with E-state index in [1.807, 2.05) is 12.4 Å². The molecule has 0 aliphatic carbocycles. The van der Waals surface area contributed by atoms with Crippen LogP contribution in [-0.2, 0) is 6.42 Å². The molecule has 0 radical (unpaired) electrons. The molecule has 0 N–H and O–H groups in total. The van der Waals surface area contributed by atoms with Gasteiger partial charge in [-0.2, -0.15) is 0 Å². The SMILES string of the molecule is CC(C)(C)Cc1cncc(-c2cccs2)c1. The van der Waals surface area contributed by atoms with Crippen LogP contribution >= 0.6 is 11.3 Å². The van der Waals surface area contributed by atoms with E-state index in [0.717, 1.165) is 6.42 Å². The molecule has 0 unspecified atom stereocenters. The molecule has 2 heterocycles. The molecular formula is C14H17NS. The Bertz CT molecular complexity index is 452. The maximum atomic E-state index is 4.33. The fourth-order valence-corrected chi connectivity index (χ4v) is 2.48. The molecule has 0 aliphatic rings. The monoisotopic (exact) mass is 231 g/mol. The zero-order chi connectivity index (χ0) is 11.6. The van der Waals surface area contributed by atoms with Gasteiger partial charge >= 0.3 is 0 Å². The standard InChI is InChI=1S/C14H17NS/c1-14(2,3)8-11-7-12(10-15-9-11)13-5-4-6-16-13/h4-7,9-10H,8H2,1-3H3. The summed E-state index contributed by atoms with van der Waals surface area (Å²) in [6, 6.07) is 6.48. The van der Waals surface area contributed by atoms with Gasteiger partial charge in [-0.25, -0.2) is 0 Å². The zero-order valence-corrected chi connectivity index (χ0v) is 10.8. The normalized spacial score (nSPS) is 11.7.